The maximum atomic E-state index is 14.1. The van der Waals surface area contributed by atoms with E-state index in [2.05, 4.69) is 56.2 Å². The standard InChI is InChI=1S/C32H25I2N3O4S/c1-4-40-31(39)27-19(3)36-32-37(28(27)22-11-5-18(2)6-12-22)30(38)26(42-32)14-23-13-24(33)15-25(34)29(23)41-17-21-9-7-20(16-35)8-10-21/h5-15,28H,4,17H2,1-3H3/b26-14-/t28-/m1/s1. The number of fused-ring (bicyclic) bond motifs is 1. The molecule has 0 amide bonds. The maximum Gasteiger partial charge on any atom is 0.338 e. The van der Waals surface area contributed by atoms with E-state index in [0.717, 1.165) is 29.4 Å². The molecule has 0 fully saturated rings. The van der Waals surface area contributed by atoms with Crippen molar-refractivity contribution in [2.75, 3.05) is 6.61 Å². The summed E-state index contributed by atoms with van der Waals surface area (Å²) in [6, 6.07) is 20.5. The lowest BCUT2D eigenvalue weighted by Gasteiger charge is -2.24. The number of thiazole rings is 1. The third-order valence-electron chi connectivity index (χ3n) is 6.70. The van der Waals surface area contributed by atoms with Gasteiger partial charge in [0.25, 0.3) is 5.56 Å². The normalized spacial score (nSPS) is 14.7. The monoisotopic (exact) mass is 801 g/mol. The van der Waals surface area contributed by atoms with Gasteiger partial charge in [0.15, 0.2) is 4.80 Å². The molecule has 10 heteroatoms. The van der Waals surface area contributed by atoms with Crippen LogP contribution in [0.1, 0.15) is 47.7 Å². The zero-order valence-electron chi connectivity index (χ0n) is 23.0. The van der Waals surface area contributed by atoms with E-state index in [1.165, 1.54) is 11.3 Å². The molecule has 212 valence electrons. The lowest BCUT2D eigenvalue weighted by molar-refractivity contribution is -0.139. The predicted molar refractivity (Wildman–Crippen MR) is 179 cm³/mol. The minimum atomic E-state index is -0.661. The Bertz CT molecular complexity index is 1940. The van der Waals surface area contributed by atoms with Crippen molar-refractivity contribution in [2.45, 2.75) is 33.4 Å². The van der Waals surface area contributed by atoms with Gasteiger partial charge in [0.2, 0.25) is 0 Å². The van der Waals surface area contributed by atoms with Crippen LogP contribution in [0.25, 0.3) is 6.08 Å². The van der Waals surface area contributed by atoms with E-state index in [1.54, 1.807) is 30.5 Å². The van der Waals surface area contributed by atoms with Gasteiger partial charge in [-0.2, -0.15) is 5.26 Å². The summed E-state index contributed by atoms with van der Waals surface area (Å²) in [4.78, 5) is 32.4. The first-order valence-corrected chi connectivity index (χ1v) is 16.0. The van der Waals surface area contributed by atoms with E-state index < -0.39 is 12.0 Å². The first-order chi connectivity index (χ1) is 20.2. The summed E-state index contributed by atoms with van der Waals surface area (Å²) < 4.78 is 15.6. The van der Waals surface area contributed by atoms with Gasteiger partial charge in [-0.1, -0.05) is 53.3 Å². The molecule has 4 aromatic rings. The van der Waals surface area contributed by atoms with Gasteiger partial charge in [-0.3, -0.25) is 9.36 Å². The lowest BCUT2D eigenvalue weighted by Crippen LogP contribution is -2.39. The average molecular weight is 801 g/mol. The van der Waals surface area contributed by atoms with Gasteiger partial charge in [-0.25, -0.2) is 9.79 Å². The summed E-state index contributed by atoms with van der Waals surface area (Å²) >= 11 is 5.77. The molecule has 0 radical (unpaired) electrons. The number of aromatic nitrogens is 1. The number of carbonyl (C=O) groups is 1. The van der Waals surface area contributed by atoms with Crippen LogP contribution >= 0.6 is 56.5 Å². The topological polar surface area (TPSA) is 93.7 Å². The van der Waals surface area contributed by atoms with Crippen LogP contribution in [0.4, 0.5) is 0 Å². The summed E-state index contributed by atoms with van der Waals surface area (Å²) in [6.45, 7) is 6.05. The molecular weight excluding hydrogens is 776 g/mol. The Kier molecular flexibility index (Phi) is 9.29. The fourth-order valence-corrected chi connectivity index (χ4v) is 7.75. The molecule has 42 heavy (non-hydrogen) atoms. The van der Waals surface area contributed by atoms with Crippen molar-refractivity contribution in [3.8, 4) is 11.8 Å². The number of rotatable bonds is 7. The van der Waals surface area contributed by atoms with Crippen molar-refractivity contribution in [1.82, 2.24) is 4.57 Å². The van der Waals surface area contributed by atoms with Crippen LogP contribution in [0.2, 0.25) is 0 Å². The van der Waals surface area contributed by atoms with Crippen molar-refractivity contribution in [3.05, 3.63) is 127 Å². The van der Waals surface area contributed by atoms with Crippen LogP contribution < -0.4 is 19.6 Å². The molecule has 0 saturated carbocycles. The van der Waals surface area contributed by atoms with Crippen molar-refractivity contribution < 1.29 is 14.3 Å². The Morgan fingerprint density at radius 1 is 1.12 bits per heavy atom. The maximum absolute atomic E-state index is 14.1. The minimum Gasteiger partial charge on any atom is -0.487 e. The van der Waals surface area contributed by atoms with Crippen molar-refractivity contribution in [2.24, 2.45) is 4.99 Å². The van der Waals surface area contributed by atoms with Gasteiger partial charge in [0.05, 0.1) is 43.7 Å². The van der Waals surface area contributed by atoms with E-state index in [0.29, 0.717) is 38.5 Å². The quantitative estimate of drug-likeness (QED) is 0.175. The highest BCUT2D eigenvalue weighted by atomic mass is 127. The Morgan fingerprint density at radius 3 is 2.50 bits per heavy atom. The highest BCUT2D eigenvalue weighted by molar-refractivity contribution is 14.1. The smallest absolute Gasteiger partial charge is 0.338 e. The molecule has 0 spiro atoms. The molecule has 7 nitrogen and oxygen atoms in total. The number of nitrogens with zero attached hydrogens (tertiary/aromatic N) is 3. The number of aryl methyl sites for hydroxylation is 1. The Hall–Kier alpha value is -3.28. The minimum absolute atomic E-state index is 0.219. The molecule has 1 atom stereocenters. The van der Waals surface area contributed by atoms with E-state index in [4.69, 9.17) is 14.7 Å². The van der Waals surface area contributed by atoms with Gasteiger partial charge in [0, 0.05) is 9.13 Å². The van der Waals surface area contributed by atoms with Gasteiger partial charge < -0.3 is 9.47 Å². The van der Waals surface area contributed by atoms with E-state index in [9.17, 15) is 9.59 Å². The molecule has 5 rings (SSSR count). The molecule has 0 saturated heterocycles. The van der Waals surface area contributed by atoms with Gasteiger partial charge in [0.1, 0.15) is 12.4 Å². The molecule has 0 aliphatic carbocycles. The number of allylic oxidation sites excluding steroid dienone is 1. The fraction of sp³-hybridized carbons (Fsp3) is 0.188. The number of halogens is 2. The first-order valence-electron chi connectivity index (χ1n) is 13.1. The van der Waals surface area contributed by atoms with E-state index in [1.807, 2.05) is 61.5 Å². The van der Waals surface area contributed by atoms with Crippen LogP contribution in [-0.4, -0.2) is 17.1 Å². The van der Waals surface area contributed by atoms with Crippen molar-refractivity contribution in [1.29, 1.82) is 5.26 Å². The average Bonchev–Trinajstić information content (AvgIpc) is 3.26. The van der Waals surface area contributed by atoms with E-state index >= 15 is 0 Å². The summed E-state index contributed by atoms with van der Waals surface area (Å²) in [7, 11) is 0. The molecule has 1 aliphatic heterocycles. The van der Waals surface area contributed by atoms with Gasteiger partial charge in [-0.15, -0.1) is 0 Å². The van der Waals surface area contributed by atoms with Crippen LogP contribution in [0.3, 0.4) is 0 Å². The number of hydrogen-bond donors (Lipinski definition) is 0. The summed E-state index contributed by atoms with van der Waals surface area (Å²) in [5.74, 6) is 0.175. The number of benzene rings is 3. The number of esters is 1. The Labute approximate surface area is 274 Å². The molecule has 3 aromatic carbocycles. The van der Waals surface area contributed by atoms with Gasteiger partial charge in [-0.05, 0) is 107 Å². The number of carbonyl (C=O) groups excluding carboxylic acids is 1. The molecular formula is C32H25I2N3O4S. The van der Waals surface area contributed by atoms with Crippen LogP contribution in [-0.2, 0) is 16.1 Å². The van der Waals surface area contributed by atoms with Crippen molar-refractivity contribution in [3.63, 3.8) is 0 Å². The third kappa shape index (κ3) is 6.23. The van der Waals surface area contributed by atoms with Gasteiger partial charge >= 0.3 is 5.97 Å². The van der Waals surface area contributed by atoms with Crippen LogP contribution in [0, 0.1) is 25.4 Å². The zero-order chi connectivity index (χ0) is 30.0. The highest BCUT2D eigenvalue weighted by Gasteiger charge is 2.33. The number of nitriles is 1. The molecule has 2 heterocycles. The number of hydrogen-bond acceptors (Lipinski definition) is 7. The van der Waals surface area contributed by atoms with Crippen LogP contribution in [0.15, 0.2) is 81.7 Å². The molecule has 0 unspecified atom stereocenters. The predicted octanol–water partition coefficient (Wildman–Crippen LogP) is 5.77. The second-order valence-corrected chi connectivity index (χ2v) is 13.0. The molecule has 1 aromatic heterocycles. The summed E-state index contributed by atoms with van der Waals surface area (Å²) in [5.41, 5.74) is 4.80. The Morgan fingerprint density at radius 2 is 1.83 bits per heavy atom. The van der Waals surface area contributed by atoms with Crippen LogP contribution in [0.5, 0.6) is 5.75 Å². The fourth-order valence-electron chi connectivity index (χ4n) is 4.67. The zero-order valence-corrected chi connectivity index (χ0v) is 28.1. The lowest BCUT2D eigenvalue weighted by atomic mass is 9.95. The molecule has 1 aliphatic rings. The first kappa shape index (κ1) is 30.2. The summed E-state index contributed by atoms with van der Waals surface area (Å²) in [5, 5.41) is 9.09. The SMILES string of the molecule is CCOC(=O)C1=C(C)N=c2s/c(=C\c3cc(I)cc(I)c3OCc3ccc(C#N)cc3)c(=O)n2[C@@H]1c1ccc(C)cc1. The molecule has 0 bridgehead atoms. The van der Waals surface area contributed by atoms with Crippen molar-refractivity contribution >= 4 is 68.6 Å². The Balaban J connectivity index is 1.62. The summed E-state index contributed by atoms with van der Waals surface area (Å²) in [6.07, 6.45) is 1.83. The number of ether oxygens (including phenoxy) is 2. The van der Waals surface area contributed by atoms with E-state index in [-0.39, 0.29) is 12.2 Å². The third-order valence-corrected chi connectivity index (χ3v) is 9.11. The second-order valence-electron chi connectivity index (χ2n) is 9.62. The second kappa shape index (κ2) is 12.9. The molecule has 0 N–H and O–H groups in total. The largest absolute Gasteiger partial charge is 0.487 e. The highest BCUT2D eigenvalue weighted by Crippen LogP contribution is 2.32.